The molecule has 9 heteroatoms. The van der Waals surface area contributed by atoms with E-state index in [-0.39, 0.29) is 11.8 Å². The monoisotopic (exact) mass is 519 g/mol. The predicted octanol–water partition coefficient (Wildman–Crippen LogP) is 4.09. The van der Waals surface area contributed by atoms with E-state index in [1.165, 1.54) is 0 Å². The standard InChI is InChI=1S/C30H29N7O2/c1-39-25-14-12-24(13-15-25)37-30-28(33-34-37)29(31-21-32-30)36-18-16-35(17-19-36)27(38)20-26(22-8-4-2-5-9-22)23-10-6-3-7-11-23/h2-15,21,26H,16-20H2,1H3. The van der Waals surface area contributed by atoms with Crippen LogP contribution in [-0.4, -0.2) is 69.1 Å². The summed E-state index contributed by atoms with van der Waals surface area (Å²) in [5.74, 6) is 1.68. The zero-order valence-corrected chi connectivity index (χ0v) is 21.7. The average molecular weight is 520 g/mol. The topological polar surface area (TPSA) is 89.3 Å². The minimum absolute atomic E-state index is 0.0208. The van der Waals surface area contributed by atoms with E-state index in [9.17, 15) is 4.79 Å². The Bertz CT molecular complexity index is 1510. The van der Waals surface area contributed by atoms with Crippen molar-refractivity contribution >= 4 is 22.9 Å². The number of anilines is 1. The van der Waals surface area contributed by atoms with Gasteiger partial charge in [0.1, 0.15) is 12.1 Å². The molecule has 0 unspecified atom stereocenters. The molecular formula is C30H29N7O2. The number of carbonyl (C=O) groups is 1. The summed E-state index contributed by atoms with van der Waals surface area (Å²) in [4.78, 5) is 26.6. The molecule has 3 heterocycles. The first-order valence-electron chi connectivity index (χ1n) is 13.0. The van der Waals surface area contributed by atoms with Crippen LogP contribution in [0.5, 0.6) is 5.75 Å². The second-order valence-corrected chi connectivity index (χ2v) is 9.51. The van der Waals surface area contributed by atoms with Gasteiger partial charge in [-0.3, -0.25) is 4.79 Å². The highest BCUT2D eigenvalue weighted by Gasteiger charge is 2.27. The summed E-state index contributed by atoms with van der Waals surface area (Å²) in [7, 11) is 1.64. The maximum atomic E-state index is 13.5. The summed E-state index contributed by atoms with van der Waals surface area (Å²) in [6.07, 6.45) is 1.98. The van der Waals surface area contributed by atoms with E-state index in [0.29, 0.717) is 43.8 Å². The number of aromatic nitrogens is 5. The van der Waals surface area contributed by atoms with Crippen molar-refractivity contribution in [2.45, 2.75) is 12.3 Å². The van der Waals surface area contributed by atoms with Gasteiger partial charge in [-0.05, 0) is 35.4 Å². The number of ether oxygens (including phenoxy) is 1. The zero-order valence-electron chi connectivity index (χ0n) is 21.7. The molecular weight excluding hydrogens is 490 g/mol. The molecule has 5 aromatic rings. The highest BCUT2D eigenvalue weighted by molar-refractivity contribution is 5.84. The molecule has 1 aliphatic heterocycles. The lowest BCUT2D eigenvalue weighted by Gasteiger charge is -2.36. The molecule has 0 aliphatic carbocycles. The van der Waals surface area contributed by atoms with Crippen LogP contribution in [0.15, 0.2) is 91.3 Å². The molecule has 1 saturated heterocycles. The van der Waals surface area contributed by atoms with Gasteiger partial charge in [0.15, 0.2) is 17.0 Å². The Morgan fingerprint density at radius 3 is 2.10 bits per heavy atom. The maximum absolute atomic E-state index is 13.5. The number of carbonyl (C=O) groups excluding carboxylic acids is 1. The van der Waals surface area contributed by atoms with Gasteiger partial charge in [0.05, 0.1) is 12.8 Å². The molecule has 1 fully saturated rings. The van der Waals surface area contributed by atoms with Gasteiger partial charge in [0.25, 0.3) is 0 Å². The third-order valence-corrected chi connectivity index (χ3v) is 7.25. The van der Waals surface area contributed by atoms with Crippen molar-refractivity contribution in [2.75, 3.05) is 38.2 Å². The molecule has 6 rings (SSSR count). The molecule has 3 aromatic carbocycles. The zero-order chi connectivity index (χ0) is 26.6. The van der Waals surface area contributed by atoms with Gasteiger partial charge in [-0.15, -0.1) is 5.10 Å². The number of nitrogens with zero attached hydrogens (tertiary/aromatic N) is 7. The first-order valence-corrected chi connectivity index (χ1v) is 13.0. The van der Waals surface area contributed by atoms with E-state index >= 15 is 0 Å². The van der Waals surface area contributed by atoms with Gasteiger partial charge in [0, 0.05) is 38.5 Å². The van der Waals surface area contributed by atoms with Crippen LogP contribution in [0.2, 0.25) is 0 Å². The van der Waals surface area contributed by atoms with E-state index in [2.05, 4.69) is 49.4 Å². The summed E-state index contributed by atoms with van der Waals surface area (Å²) < 4.78 is 6.96. The fourth-order valence-corrected chi connectivity index (χ4v) is 5.14. The van der Waals surface area contributed by atoms with Gasteiger partial charge in [0.2, 0.25) is 5.91 Å². The van der Waals surface area contributed by atoms with Gasteiger partial charge in [-0.25, -0.2) is 9.97 Å². The quantitative estimate of drug-likeness (QED) is 0.320. The Morgan fingerprint density at radius 2 is 1.49 bits per heavy atom. The van der Waals surface area contributed by atoms with Crippen LogP contribution in [0, 0.1) is 0 Å². The third-order valence-electron chi connectivity index (χ3n) is 7.25. The van der Waals surface area contributed by atoms with Crippen molar-refractivity contribution in [3.05, 3.63) is 102 Å². The van der Waals surface area contributed by atoms with Crippen molar-refractivity contribution < 1.29 is 9.53 Å². The van der Waals surface area contributed by atoms with Crippen LogP contribution < -0.4 is 9.64 Å². The second-order valence-electron chi connectivity index (χ2n) is 9.51. The highest BCUT2D eigenvalue weighted by atomic mass is 16.5. The third kappa shape index (κ3) is 5.03. The van der Waals surface area contributed by atoms with Crippen molar-refractivity contribution in [2.24, 2.45) is 0 Å². The maximum Gasteiger partial charge on any atom is 0.223 e. The summed E-state index contributed by atoms with van der Waals surface area (Å²) in [6.45, 7) is 2.56. The predicted molar refractivity (Wildman–Crippen MR) is 149 cm³/mol. The number of fused-ring (bicyclic) bond motifs is 1. The number of methoxy groups -OCH3 is 1. The van der Waals surface area contributed by atoms with E-state index in [1.807, 2.05) is 65.6 Å². The van der Waals surface area contributed by atoms with Crippen LogP contribution in [0.1, 0.15) is 23.5 Å². The minimum Gasteiger partial charge on any atom is -0.497 e. The molecule has 39 heavy (non-hydrogen) atoms. The summed E-state index contributed by atoms with van der Waals surface area (Å²) >= 11 is 0. The lowest BCUT2D eigenvalue weighted by molar-refractivity contribution is -0.131. The van der Waals surface area contributed by atoms with Gasteiger partial charge in [-0.1, -0.05) is 65.9 Å². The first-order chi connectivity index (χ1) is 19.2. The fourth-order valence-electron chi connectivity index (χ4n) is 5.14. The number of hydrogen-bond acceptors (Lipinski definition) is 7. The van der Waals surface area contributed by atoms with Crippen LogP contribution in [-0.2, 0) is 4.79 Å². The normalized spacial score (nSPS) is 13.7. The van der Waals surface area contributed by atoms with Gasteiger partial charge >= 0.3 is 0 Å². The number of hydrogen-bond donors (Lipinski definition) is 0. The van der Waals surface area contributed by atoms with Crippen LogP contribution in [0.3, 0.4) is 0 Å². The summed E-state index contributed by atoms with van der Waals surface area (Å²) in [6, 6.07) is 28.1. The van der Waals surface area contributed by atoms with Crippen LogP contribution in [0.4, 0.5) is 5.82 Å². The highest BCUT2D eigenvalue weighted by Crippen LogP contribution is 2.29. The molecule has 0 bridgehead atoms. The molecule has 2 aromatic heterocycles. The Balaban J connectivity index is 1.16. The summed E-state index contributed by atoms with van der Waals surface area (Å²) in [5, 5.41) is 8.75. The van der Waals surface area contributed by atoms with Crippen molar-refractivity contribution in [1.82, 2.24) is 29.9 Å². The molecule has 1 aliphatic rings. The number of benzene rings is 3. The van der Waals surface area contributed by atoms with Gasteiger partial charge < -0.3 is 14.5 Å². The van der Waals surface area contributed by atoms with E-state index in [4.69, 9.17) is 4.74 Å². The smallest absolute Gasteiger partial charge is 0.223 e. The minimum atomic E-state index is 0.0208. The van der Waals surface area contributed by atoms with Crippen molar-refractivity contribution in [3.63, 3.8) is 0 Å². The molecule has 0 N–H and O–H groups in total. The van der Waals surface area contributed by atoms with Crippen LogP contribution in [0.25, 0.3) is 16.9 Å². The fraction of sp³-hybridized carbons (Fsp3) is 0.233. The summed E-state index contributed by atoms with van der Waals surface area (Å²) in [5.41, 5.74) is 4.42. The number of piperazine rings is 1. The van der Waals surface area contributed by atoms with E-state index in [1.54, 1.807) is 18.1 Å². The Kier molecular flexibility index (Phi) is 6.86. The average Bonchev–Trinajstić information content (AvgIpc) is 3.45. The Labute approximate surface area is 226 Å². The Hall–Kier alpha value is -4.79. The Morgan fingerprint density at radius 1 is 0.846 bits per heavy atom. The number of rotatable bonds is 7. The molecule has 0 saturated carbocycles. The molecule has 9 nitrogen and oxygen atoms in total. The van der Waals surface area contributed by atoms with E-state index < -0.39 is 0 Å². The second kappa shape index (κ2) is 10.9. The first kappa shape index (κ1) is 24.5. The lowest BCUT2D eigenvalue weighted by atomic mass is 9.88. The largest absolute Gasteiger partial charge is 0.497 e. The molecule has 0 radical (unpaired) electrons. The van der Waals surface area contributed by atoms with Crippen LogP contribution >= 0.6 is 0 Å². The molecule has 196 valence electrons. The molecule has 0 atom stereocenters. The number of amides is 1. The SMILES string of the molecule is COc1ccc(-n2nnc3c(N4CCN(C(=O)CC(c5ccccc5)c5ccccc5)CC4)ncnc32)cc1. The van der Waals surface area contributed by atoms with Crippen molar-refractivity contribution in [3.8, 4) is 11.4 Å². The van der Waals surface area contributed by atoms with Gasteiger partial charge in [-0.2, -0.15) is 4.68 Å². The molecule has 0 spiro atoms. The van der Waals surface area contributed by atoms with Crippen molar-refractivity contribution in [1.29, 1.82) is 0 Å². The lowest BCUT2D eigenvalue weighted by Crippen LogP contribution is -2.49. The molecule has 1 amide bonds. The van der Waals surface area contributed by atoms with E-state index in [0.717, 1.165) is 28.4 Å².